The molecule has 0 saturated carbocycles. The van der Waals surface area contributed by atoms with Crippen LogP contribution in [0.2, 0.25) is 5.15 Å². The number of anilines is 2. The van der Waals surface area contributed by atoms with Gasteiger partial charge in [-0.2, -0.15) is 5.10 Å². The van der Waals surface area contributed by atoms with E-state index in [0.717, 1.165) is 6.34 Å². The van der Waals surface area contributed by atoms with Crippen LogP contribution in [0.3, 0.4) is 0 Å². The molecule has 10 nitrogen and oxygen atoms in total. The van der Waals surface area contributed by atoms with Gasteiger partial charge in [0.15, 0.2) is 22.5 Å². The van der Waals surface area contributed by atoms with E-state index < -0.39 is 12.0 Å². The minimum absolute atomic E-state index is 0.0165. The normalized spacial score (nSPS) is 10.3. The summed E-state index contributed by atoms with van der Waals surface area (Å²) < 4.78 is 4.56. The predicted octanol–water partition coefficient (Wildman–Crippen LogP) is 0.563. The van der Waals surface area contributed by atoms with E-state index in [0.29, 0.717) is 6.54 Å². The monoisotopic (exact) mass is 329 g/mol. The van der Waals surface area contributed by atoms with Crippen molar-refractivity contribution < 1.29 is 14.3 Å². The molecule has 0 aromatic carbocycles. The molecule has 5 N–H and O–H groups in total. The summed E-state index contributed by atoms with van der Waals surface area (Å²) in [5.74, 6) is -0.482. The first kappa shape index (κ1) is 17.4. The van der Waals surface area contributed by atoms with Crippen LogP contribution in [-0.2, 0) is 4.74 Å². The molecule has 0 fully saturated rings. The zero-order valence-electron chi connectivity index (χ0n) is 12.0. The van der Waals surface area contributed by atoms with E-state index in [2.05, 4.69) is 30.4 Å². The van der Waals surface area contributed by atoms with Gasteiger partial charge in [-0.3, -0.25) is 4.79 Å². The minimum atomic E-state index is -0.745. The third kappa shape index (κ3) is 5.05. The number of nitrogen functional groups attached to an aromatic ring is 1. The fraction of sp³-hybridized carbons (Fsp3) is 0.364. The molecule has 0 unspecified atom stereocenters. The van der Waals surface area contributed by atoms with E-state index in [9.17, 15) is 9.59 Å². The maximum atomic E-state index is 11.8. The molecule has 0 aliphatic rings. The summed E-state index contributed by atoms with van der Waals surface area (Å²) in [5, 5.41) is 8.56. The smallest absolute Gasteiger partial charge is 0.427 e. The molecule has 0 spiro atoms. The number of rotatable bonds is 6. The Kier molecular flexibility index (Phi) is 6.83. The van der Waals surface area contributed by atoms with Crippen LogP contribution >= 0.6 is 11.6 Å². The van der Waals surface area contributed by atoms with Crippen LogP contribution in [0.25, 0.3) is 0 Å². The summed E-state index contributed by atoms with van der Waals surface area (Å²) in [6, 6.07) is 0. The van der Waals surface area contributed by atoms with Gasteiger partial charge in [0.05, 0.1) is 6.61 Å². The van der Waals surface area contributed by atoms with Gasteiger partial charge in [0.1, 0.15) is 6.34 Å². The highest BCUT2D eigenvalue weighted by atomic mass is 35.5. The van der Waals surface area contributed by atoms with Gasteiger partial charge in [0, 0.05) is 6.54 Å². The quantitative estimate of drug-likeness (QED) is 0.339. The van der Waals surface area contributed by atoms with Crippen molar-refractivity contribution in [2.24, 2.45) is 5.10 Å². The summed E-state index contributed by atoms with van der Waals surface area (Å²) in [4.78, 5) is 30.6. The summed E-state index contributed by atoms with van der Waals surface area (Å²) in [5.41, 5.74) is 7.52. The van der Waals surface area contributed by atoms with Crippen LogP contribution in [-0.4, -0.2) is 41.5 Å². The molecule has 11 heteroatoms. The molecule has 0 saturated heterocycles. The van der Waals surface area contributed by atoms with E-state index in [1.54, 1.807) is 6.92 Å². The second kappa shape index (κ2) is 8.62. The van der Waals surface area contributed by atoms with Crippen LogP contribution in [0.1, 0.15) is 24.3 Å². The Balaban J connectivity index is 2.68. The zero-order chi connectivity index (χ0) is 16.5. The summed E-state index contributed by atoms with van der Waals surface area (Å²) in [6.07, 6.45) is 0.206. The standard InChI is InChI=1S/C11H16ClN7O3/c1-3-14-9-7(12)17-6(8(13)18-9)10(20)15-5-16-19-11(21)22-4-2/h5H,3-4H2,1-2H3,(H,19,21)(H3,13,14,18)(H,15,16,20). The van der Waals surface area contributed by atoms with Gasteiger partial charge in [-0.1, -0.05) is 11.6 Å². The molecule has 22 heavy (non-hydrogen) atoms. The Morgan fingerprint density at radius 1 is 1.41 bits per heavy atom. The lowest BCUT2D eigenvalue weighted by atomic mass is 10.4. The second-order valence-electron chi connectivity index (χ2n) is 3.69. The van der Waals surface area contributed by atoms with Crippen molar-refractivity contribution in [2.45, 2.75) is 13.8 Å². The van der Waals surface area contributed by atoms with Crippen LogP contribution < -0.4 is 21.8 Å². The Bertz CT molecular complexity index is 579. The SMILES string of the molecule is CCNc1nc(N)c(C(=O)NC=NNC(=O)OCC)nc1Cl. The minimum Gasteiger partial charge on any atom is -0.449 e. The largest absolute Gasteiger partial charge is 0.449 e. The van der Waals surface area contributed by atoms with Crippen molar-refractivity contribution >= 4 is 41.6 Å². The van der Waals surface area contributed by atoms with Crippen molar-refractivity contribution in [1.29, 1.82) is 0 Å². The lowest BCUT2D eigenvalue weighted by Crippen LogP contribution is -2.27. The molecule has 1 aromatic heterocycles. The number of amides is 2. The molecular weight excluding hydrogens is 314 g/mol. The first-order chi connectivity index (χ1) is 10.5. The van der Waals surface area contributed by atoms with Gasteiger partial charge in [0.2, 0.25) is 0 Å². The average molecular weight is 330 g/mol. The highest BCUT2D eigenvalue weighted by molar-refractivity contribution is 6.32. The number of hydrogen-bond acceptors (Lipinski definition) is 8. The van der Waals surface area contributed by atoms with Gasteiger partial charge < -0.3 is 21.1 Å². The summed E-state index contributed by atoms with van der Waals surface area (Å²) >= 11 is 5.88. The van der Waals surface area contributed by atoms with E-state index in [-0.39, 0.29) is 29.1 Å². The van der Waals surface area contributed by atoms with Gasteiger partial charge in [-0.05, 0) is 13.8 Å². The van der Waals surface area contributed by atoms with Gasteiger partial charge >= 0.3 is 6.09 Å². The fourth-order valence-electron chi connectivity index (χ4n) is 1.28. The number of nitrogens with two attached hydrogens (primary N) is 1. The number of halogens is 1. The molecule has 0 aliphatic heterocycles. The molecule has 1 aromatic rings. The van der Waals surface area contributed by atoms with Crippen LogP contribution in [0.5, 0.6) is 0 Å². The number of carbonyl (C=O) groups is 2. The molecule has 0 aliphatic carbocycles. The van der Waals surface area contributed by atoms with Crippen molar-refractivity contribution in [1.82, 2.24) is 20.7 Å². The van der Waals surface area contributed by atoms with E-state index in [4.69, 9.17) is 17.3 Å². The molecule has 120 valence electrons. The maximum Gasteiger partial charge on any atom is 0.427 e. The van der Waals surface area contributed by atoms with Crippen molar-refractivity contribution in [3.63, 3.8) is 0 Å². The Hall–Kier alpha value is -2.62. The number of nitrogens with zero attached hydrogens (tertiary/aromatic N) is 3. The van der Waals surface area contributed by atoms with Crippen molar-refractivity contribution in [3.05, 3.63) is 10.8 Å². The number of hydrazone groups is 1. The number of aromatic nitrogens is 2. The fourth-order valence-corrected chi connectivity index (χ4v) is 1.48. The predicted molar refractivity (Wildman–Crippen MR) is 81.7 cm³/mol. The Labute approximate surface area is 131 Å². The number of nitrogens with one attached hydrogen (secondary N) is 3. The summed E-state index contributed by atoms with van der Waals surface area (Å²) in [7, 11) is 0. The number of carbonyl (C=O) groups excluding carboxylic acids is 2. The first-order valence-electron chi connectivity index (χ1n) is 6.31. The van der Waals surface area contributed by atoms with E-state index in [1.165, 1.54) is 0 Å². The third-order valence-electron chi connectivity index (χ3n) is 2.13. The lowest BCUT2D eigenvalue weighted by Gasteiger charge is -2.08. The second-order valence-corrected chi connectivity index (χ2v) is 4.05. The topological polar surface area (TPSA) is 144 Å². The molecule has 2 amide bonds. The maximum absolute atomic E-state index is 11.8. The van der Waals surface area contributed by atoms with Crippen LogP contribution in [0, 0.1) is 0 Å². The first-order valence-corrected chi connectivity index (χ1v) is 6.69. The van der Waals surface area contributed by atoms with Gasteiger partial charge in [-0.25, -0.2) is 20.2 Å². The molecule has 0 atom stereocenters. The molecular formula is C11H16ClN7O3. The van der Waals surface area contributed by atoms with Crippen LogP contribution in [0.15, 0.2) is 5.10 Å². The molecule has 1 rings (SSSR count). The summed E-state index contributed by atoms with van der Waals surface area (Å²) in [6.45, 7) is 4.27. The Morgan fingerprint density at radius 2 is 2.14 bits per heavy atom. The zero-order valence-corrected chi connectivity index (χ0v) is 12.8. The number of hydrogen-bond donors (Lipinski definition) is 4. The molecule has 0 radical (unpaired) electrons. The lowest BCUT2D eigenvalue weighted by molar-refractivity contribution is 0.0973. The van der Waals surface area contributed by atoms with Crippen LogP contribution in [0.4, 0.5) is 16.4 Å². The molecule has 1 heterocycles. The number of ether oxygens (including phenoxy) is 1. The third-order valence-corrected chi connectivity index (χ3v) is 2.39. The van der Waals surface area contributed by atoms with Gasteiger partial charge in [0.25, 0.3) is 5.91 Å². The average Bonchev–Trinajstić information content (AvgIpc) is 2.47. The van der Waals surface area contributed by atoms with E-state index >= 15 is 0 Å². The van der Waals surface area contributed by atoms with Gasteiger partial charge in [-0.15, -0.1) is 0 Å². The van der Waals surface area contributed by atoms with Crippen molar-refractivity contribution in [3.8, 4) is 0 Å². The Morgan fingerprint density at radius 3 is 2.77 bits per heavy atom. The highest BCUT2D eigenvalue weighted by Gasteiger charge is 2.15. The van der Waals surface area contributed by atoms with Crippen molar-refractivity contribution in [2.75, 3.05) is 24.2 Å². The van der Waals surface area contributed by atoms with E-state index in [1.807, 2.05) is 12.3 Å². The molecule has 0 bridgehead atoms. The highest BCUT2D eigenvalue weighted by Crippen LogP contribution is 2.19.